The number of fused-ring (bicyclic) bond motifs is 3. The number of non-ortho nitro benzene ring substituents is 1. The zero-order chi connectivity index (χ0) is 22.5. The van der Waals surface area contributed by atoms with Gasteiger partial charge in [0.15, 0.2) is 0 Å². The minimum atomic E-state index is -0.616. The minimum absolute atomic E-state index is 0.0414. The molecule has 0 heterocycles. The second-order valence-electron chi connectivity index (χ2n) is 7.23. The highest BCUT2D eigenvalue weighted by Crippen LogP contribution is 2.44. The topological polar surface area (TPSA) is 108 Å². The first-order valence-electron chi connectivity index (χ1n) is 10.1. The van der Waals surface area contributed by atoms with Gasteiger partial charge in [0, 0.05) is 24.6 Å². The van der Waals surface area contributed by atoms with Crippen molar-refractivity contribution in [3.05, 3.63) is 94.0 Å². The molecule has 4 rings (SSSR count). The molecule has 3 aromatic carbocycles. The highest BCUT2D eigenvalue weighted by Gasteiger charge is 2.28. The monoisotopic (exact) mass is 432 g/mol. The van der Waals surface area contributed by atoms with Crippen molar-refractivity contribution >= 4 is 17.7 Å². The quantitative estimate of drug-likeness (QED) is 0.256. The van der Waals surface area contributed by atoms with Gasteiger partial charge in [-0.05, 0) is 34.4 Å². The average Bonchev–Trinajstić information content (AvgIpc) is 3.12. The van der Waals surface area contributed by atoms with Crippen LogP contribution >= 0.6 is 0 Å². The number of nitro benzene ring substituents is 1. The van der Waals surface area contributed by atoms with Crippen molar-refractivity contribution in [3.63, 3.8) is 0 Å². The van der Waals surface area contributed by atoms with E-state index in [2.05, 4.69) is 17.4 Å². The van der Waals surface area contributed by atoms with E-state index in [4.69, 9.17) is 9.47 Å². The predicted molar refractivity (Wildman–Crippen MR) is 116 cm³/mol. The minimum Gasteiger partial charge on any atom is -0.449 e. The van der Waals surface area contributed by atoms with Crippen LogP contribution in [-0.2, 0) is 9.53 Å². The summed E-state index contributed by atoms with van der Waals surface area (Å²) < 4.78 is 10.5. The Morgan fingerprint density at radius 2 is 1.50 bits per heavy atom. The molecule has 1 aliphatic rings. The second-order valence-corrected chi connectivity index (χ2v) is 7.23. The van der Waals surface area contributed by atoms with Crippen LogP contribution in [0, 0.1) is 10.1 Å². The van der Waals surface area contributed by atoms with Crippen LogP contribution in [0.2, 0.25) is 0 Å². The highest BCUT2D eigenvalue weighted by molar-refractivity contribution is 5.79. The highest BCUT2D eigenvalue weighted by atomic mass is 16.6. The summed E-state index contributed by atoms with van der Waals surface area (Å²) in [6.07, 6.45) is -0.684. The van der Waals surface area contributed by atoms with Gasteiger partial charge in [0.2, 0.25) is 0 Å². The molecular weight excluding hydrogens is 412 g/mol. The Morgan fingerprint density at radius 3 is 2.09 bits per heavy atom. The van der Waals surface area contributed by atoms with Gasteiger partial charge in [-0.2, -0.15) is 0 Å². The molecule has 0 aromatic heterocycles. The number of carbonyl (C=O) groups is 2. The number of hydrogen-bond donors (Lipinski definition) is 1. The molecule has 1 aliphatic carbocycles. The zero-order valence-corrected chi connectivity index (χ0v) is 17.0. The molecule has 0 radical (unpaired) electrons. The maximum Gasteiger partial charge on any atom is 0.407 e. The van der Waals surface area contributed by atoms with Gasteiger partial charge >= 0.3 is 12.1 Å². The molecule has 32 heavy (non-hydrogen) atoms. The van der Waals surface area contributed by atoms with Crippen LogP contribution < -0.4 is 10.1 Å². The Labute approximate surface area is 183 Å². The van der Waals surface area contributed by atoms with E-state index < -0.39 is 17.0 Å². The molecule has 0 fully saturated rings. The molecule has 1 N–H and O–H groups in total. The van der Waals surface area contributed by atoms with E-state index in [0.717, 1.165) is 22.3 Å². The summed E-state index contributed by atoms with van der Waals surface area (Å²) in [7, 11) is 0. The number of nitro groups is 1. The summed E-state index contributed by atoms with van der Waals surface area (Å²) in [6, 6.07) is 21.3. The lowest BCUT2D eigenvalue weighted by Gasteiger charge is -2.14. The van der Waals surface area contributed by atoms with Gasteiger partial charge in [-0.25, -0.2) is 4.79 Å². The Kier molecular flexibility index (Phi) is 6.12. The predicted octanol–water partition coefficient (Wildman–Crippen LogP) is 4.43. The molecule has 0 atom stereocenters. The van der Waals surface area contributed by atoms with Crippen molar-refractivity contribution in [2.24, 2.45) is 0 Å². The Bertz CT molecular complexity index is 1110. The van der Waals surface area contributed by atoms with Gasteiger partial charge in [0.25, 0.3) is 5.69 Å². The maximum atomic E-state index is 12.1. The van der Waals surface area contributed by atoms with Crippen LogP contribution in [-0.4, -0.2) is 30.1 Å². The van der Waals surface area contributed by atoms with E-state index in [1.807, 2.05) is 36.4 Å². The largest absolute Gasteiger partial charge is 0.449 e. The van der Waals surface area contributed by atoms with E-state index in [0.29, 0.717) is 0 Å². The standard InChI is InChI=1S/C24H20N2O6/c27-23(32-17-11-9-16(10-12-17)26(29)30)13-14-25-24(28)31-15-22-20-7-3-1-5-18(20)19-6-2-4-8-21(19)22/h1-12,22H,13-15H2,(H,25,28). The molecule has 8 nitrogen and oxygen atoms in total. The maximum absolute atomic E-state index is 12.1. The third-order valence-electron chi connectivity index (χ3n) is 5.22. The second kappa shape index (κ2) is 9.30. The molecule has 0 bridgehead atoms. The number of amides is 1. The van der Waals surface area contributed by atoms with Crippen molar-refractivity contribution in [1.29, 1.82) is 0 Å². The van der Waals surface area contributed by atoms with E-state index in [1.54, 1.807) is 0 Å². The van der Waals surface area contributed by atoms with Gasteiger partial charge in [-0.1, -0.05) is 48.5 Å². The lowest BCUT2D eigenvalue weighted by Crippen LogP contribution is -2.29. The number of rotatable bonds is 7. The van der Waals surface area contributed by atoms with Crippen LogP contribution in [0.4, 0.5) is 10.5 Å². The van der Waals surface area contributed by atoms with Gasteiger partial charge in [0.05, 0.1) is 11.3 Å². The first kappa shape index (κ1) is 21.0. The molecule has 0 saturated carbocycles. The number of carbonyl (C=O) groups excluding carboxylic acids is 2. The summed E-state index contributed by atoms with van der Waals surface area (Å²) in [5.41, 5.74) is 4.43. The number of nitrogens with zero attached hydrogens (tertiary/aromatic N) is 1. The first-order valence-corrected chi connectivity index (χ1v) is 10.1. The summed E-state index contributed by atoms with van der Waals surface area (Å²) >= 11 is 0. The zero-order valence-electron chi connectivity index (χ0n) is 17.0. The fourth-order valence-corrected chi connectivity index (χ4v) is 3.73. The number of ether oxygens (including phenoxy) is 2. The summed E-state index contributed by atoms with van der Waals surface area (Å²) in [5.74, 6) is -0.417. The molecule has 162 valence electrons. The number of alkyl carbamates (subject to hydrolysis) is 1. The number of esters is 1. The third-order valence-corrected chi connectivity index (χ3v) is 5.22. The number of nitrogens with one attached hydrogen (secondary N) is 1. The fraction of sp³-hybridized carbons (Fsp3) is 0.167. The average molecular weight is 432 g/mol. The van der Waals surface area contributed by atoms with Crippen molar-refractivity contribution in [3.8, 4) is 16.9 Å². The van der Waals surface area contributed by atoms with E-state index >= 15 is 0 Å². The van der Waals surface area contributed by atoms with E-state index in [9.17, 15) is 19.7 Å². The van der Waals surface area contributed by atoms with E-state index in [1.165, 1.54) is 24.3 Å². The smallest absolute Gasteiger partial charge is 0.407 e. The van der Waals surface area contributed by atoms with Crippen molar-refractivity contribution in [2.75, 3.05) is 13.2 Å². The molecular formula is C24H20N2O6. The SMILES string of the molecule is O=C(CCNC(=O)OCC1c2ccccc2-c2ccccc21)Oc1ccc([N+](=O)[O-])cc1. The van der Waals surface area contributed by atoms with Crippen LogP contribution in [0.5, 0.6) is 5.75 Å². The van der Waals surface area contributed by atoms with E-state index in [-0.39, 0.29) is 36.9 Å². The van der Waals surface area contributed by atoms with Crippen molar-refractivity contribution in [2.45, 2.75) is 12.3 Å². The summed E-state index contributed by atoms with van der Waals surface area (Å²) in [6.45, 7) is 0.232. The molecule has 3 aromatic rings. The van der Waals surface area contributed by atoms with Crippen LogP contribution in [0.1, 0.15) is 23.5 Å². The van der Waals surface area contributed by atoms with Crippen LogP contribution in [0.25, 0.3) is 11.1 Å². The lowest BCUT2D eigenvalue weighted by atomic mass is 9.98. The number of hydrogen-bond acceptors (Lipinski definition) is 6. The number of benzene rings is 3. The Hall–Kier alpha value is -4.20. The van der Waals surface area contributed by atoms with Crippen molar-refractivity contribution in [1.82, 2.24) is 5.32 Å². The molecule has 0 aliphatic heterocycles. The van der Waals surface area contributed by atoms with Gasteiger partial charge in [0.1, 0.15) is 12.4 Å². The molecule has 1 amide bonds. The van der Waals surface area contributed by atoms with Crippen molar-refractivity contribution < 1.29 is 24.0 Å². The first-order chi connectivity index (χ1) is 15.5. The summed E-state index contributed by atoms with van der Waals surface area (Å²) in [5, 5.41) is 13.2. The normalized spacial score (nSPS) is 11.9. The lowest BCUT2D eigenvalue weighted by molar-refractivity contribution is -0.384. The molecule has 0 saturated heterocycles. The molecule has 0 unspecified atom stereocenters. The fourth-order valence-electron chi connectivity index (χ4n) is 3.73. The Balaban J connectivity index is 1.24. The van der Waals surface area contributed by atoms with Crippen LogP contribution in [0.15, 0.2) is 72.8 Å². The van der Waals surface area contributed by atoms with Gasteiger partial charge in [-0.3, -0.25) is 14.9 Å². The Morgan fingerprint density at radius 1 is 0.906 bits per heavy atom. The van der Waals surface area contributed by atoms with Gasteiger partial charge < -0.3 is 14.8 Å². The third kappa shape index (κ3) is 4.59. The van der Waals surface area contributed by atoms with Gasteiger partial charge in [-0.15, -0.1) is 0 Å². The summed E-state index contributed by atoms with van der Waals surface area (Å²) in [4.78, 5) is 34.1. The molecule has 8 heteroatoms. The van der Waals surface area contributed by atoms with Crippen LogP contribution in [0.3, 0.4) is 0 Å². The molecule has 0 spiro atoms.